The van der Waals surface area contributed by atoms with Crippen LogP contribution >= 0.6 is 0 Å². The molecule has 0 fully saturated rings. The maximum Gasteiger partial charge on any atom is 0.193 e. The normalized spacial score (nSPS) is 13.9. The maximum absolute atomic E-state index is 6.18. The monoisotopic (exact) mass is 250 g/mol. The molecule has 0 N–H and O–H groups in total. The van der Waals surface area contributed by atoms with Crippen molar-refractivity contribution < 1.29 is 4.43 Å². The zero-order valence-electron chi connectivity index (χ0n) is 12.0. The lowest BCUT2D eigenvalue weighted by atomic mass is 10.1. The molecule has 0 radical (unpaired) electrons. The van der Waals surface area contributed by atoms with Gasteiger partial charge in [-0.05, 0) is 24.6 Å². The largest absolute Gasteiger partial charge is 0.403 e. The molecule has 0 aliphatic rings. The molecule has 0 rings (SSSR count). The highest BCUT2D eigenvalue weighted by atomic mass is 28.4. The Morgan fingerprint density at radius 2 is 2.00 bits per heavy atom. The van der Waals surface area contributed by atoms with Crippen molar-refractivity contribution >= 4 is 8.32 Å². The predicted octanol–water partition coefficient (Wildman–Crippen LogP) is 4.53. The van der Waals surface area contributed by atoms with E-state index in [9.17, 15) is 0 Å². The minimum atomic E-state index is -1.79. The first-order valence-corrected chi connectivity index (χ1v) is 8.96. The highest BCUT2D eigenvalue weighted by Gasteiger charge is 2.38. The van der Waals surface area contributed by atoms with Crippen molar-refractivity contribution in [1.82, 2.24) is 0 Å². The molecule has 0 heterocycles. The Bertz CT molecular complexity index is 315. The van der Waals surface area contributed by atoms with Gasteiger partial charge in [-0.15, -0.1) is 13.0 Å². The van der Waals surface area contributed by atoms with Crippen LogP contribution in [0.3, 0.4) is 0 Å². The van der Waals surface area contributed by atoms with Crippen LogP contribution < -0.4 is 0 Å². The maximum atomic E-state index is 6.18. The van der Waals surface area contributed by atoms with Crippen LogP contribution in [-0.4, -0.2) is 14.4 Å². The Kier molecular flexibility index (Phi) is 5.94. The molecule has 0 aromatic heterocycles. The highest BCUT2D eigenvalue weighted by Crippen LogP contribution is 2.37. The average Bonchev–Trinajstić information content (AvgIpc) is 2.14. The van der Waals surface area contributed by atoms with Gasteiger partial charge in [0.25, 0.3) is 0 Å². The Hall–Kier alpha value is -0.783. The molecule has 17 heavy (non-hydrogen) atoms. The number of allylic oxidation sites excluding steroid dienone is 1. The lowest BCUT2D eigenvalue weighted by Gasteiger charge is -2.38. The quantitative estimate of drug-likeness (QED) is 0.382. The molecule has 0 bridgehead atoms. The number of terminal acetylenes is 1. The van der Waals surface area contributed by atoms with Crippen molar-refractivity contribution in [2.45, 2.75) is 57.8 Å². The van der Waals surface area contributed by atoms with Gasteiger partial charge < -0.3 is 4.43 Å². The van der Waals surface area contributed by atoms with Gasteiger partial charge in [0, 0.05) is 6.42 Å². The average molecular weight is 250 g/mol. The van der Waals surface area contributed by atoms with E-state index in [4.69, 9.17) is 10.8 Å². The summed E-state index contributed by atoms with van der Waals surface area (Å²) in [5.74, 6) is 2.74. The molecule has 0 aromatic rings. The van der Waals surface area contributed by atoms with E-state index < -0.39 is 8.32 Å². The fourth-order valence-corrected chi connectivity index (χ4v) is 2.43. The highest BCUT2D eigenvalue weighted by molar-refractivity contribution is 6.74. The lowest BCUT2D eigenvalue weighted by Crippen LogP contribution is -2.43. The second kappa shape index (κ2) is 6.23. The van der Waals surface area contributed by atoms with Crippen LogP contribution in [0.1, 0.15) is 33.6 Å². The van der Waals surface area contributed by atoms with E-state index in [-0.39, 0.29) is 11.1 Å². The van der Waals surface area contributed by atoms with Crippen LogP contribution in [-0.2, 0) is 4.43 Å². The second-order valence-electron chi connectivity index (χ2n) is 5.98. The van der Waals surface area contributed by atoms with E-state index >= 15 is 0 Å². The van der Waals surface area contributed by atoms with Crippen LogP contribution in [0, 0.1) is 12.3 Å². The zero-order valence-corrected chi connectivity index (χ0v) is 13.0. The van der Waals surface area contributed by atoms with Gasteiger partial charge in [0.2, 0.25) is 0 Å². The molecule has 1 atom stereocenters. The van der Waals surface area contributed by atoms with Crippen molar-refractivity contribution in [3.8, 4) is 12.3 Å². The summed E-state index contributed by atoms with van der Waals surface area (Å²) in [6, 6.07) is 0. The molecule has 1 nitrogen and oxygen atoms in total. The molecule has 0 amide bonds. The topological polar surface area (TPSA) is 9.23 Å². The summed E-state index contributed by atoms with van der Waals surface area (Å²) < 4.78 is 6.18. The summed E-state index contributed by atoms with van der Waals surface area (Å²) in [7, 11) is -1.79. The van der Waals surface area contributed by atoms with Gasteiger partial charge in [-0.1, -0.05) is 44.9 Å². The molecule has 0 saturated heterocycles. The minimum absolute atomic E-state index is 0.150. The van der Waals surface area contributed by atoms with E-state index in [1.54, 1.807) is 0 Å². The summed E-state index contributed by atoms with van der Waals surface area (Å²) in [5, 5.41) is 0.182. The van der Waals surface area contributed by atoms with Crippen LogP contribution in [0.15, 0.2) is 24.8 Å². The van der Waals surface area contributed by atoms with Gasteiger partial charge in [0.15, 0.2) is 8.32 Å². The third-order valence-corrected chi connectivity index (χ3v) is 7.82. The van der Waals surface area contributed by atoms with Gasteiger partial charge in [-0.25, -0.2) is 0 Å². The smallest absolute Gasteiger partial charge is 0.193 e. The predicted molar refractivity (Wildman–Crippen MR) is 79.5 cm³/mol. The van der Waals surface area contributed by atoms with Gasteiger partial charge in [-0.3, -0.25) is 0 Å². The van der Waals surface area contributed by atoms with Gasteiger partial charge in [-0.2, -0.15) is 0 Å². The Morgan fingerprint density at radius 3 is 2.35 bits per heavy atom. The van der Waals surface area contributed by atoms with Gasteiger partial charge >= 0.3 is 0 Å². The first-order valence-electron chi connectivity index (χ1n) is 6.05. The summed E-state index contributed by atoms with van der Waals surface area (Å²) in [6.45, 7) is 18.8. The van der Waals surface area contributed by atoms with Crippen LogP contribution in [0.4, 0.5) is 0 Å². The first-order chi connectivity index (χ1) is 7.64. The van der Waals surface area contributed by atoms with Crippen LogP contribution in [0.5, 0.6) is 0 Å². The molecule has 0 aliphatic carbocycles. The van der Waals surface area contributed by atoms with Crippen molar-refractivity contribution in [3.63, 3.8) is 0 Å². The summed E-state index contributed by atoms with van der Waals surface area (Å²) in [5.41, 5.74) is 1.08. The molecule has 0 unspecified atom stereocenters. The standard InChI is InChI=1S/C15H26OSi/c1-9-11-13(3)12-14(10-2)16-17(7,8)15(4,5)6/h2,9,14H,1,3,11-12H2,4-8H3/t14-/m0/s1. The summed E-state index contributed by atoms with van der Waals surface area (Å²) in [4.78, 5) is 0. The van der Waals surface area contributed by atoms with E-state index in [0.29, 0.717) is 0 Å². The van der Waals surface area contributed by atoms with Crippen molar-refractivity contribution in [1.29, 1.82) is 0 Å². The van der Waals surface area contributed by atoms with Crippen molar-refractivity contribution in [2.24, 2.45) is 0 Å². The van der Waals surface area contributed by atoms with E-state index in [2.05, 4.69) is 52.9 Å². The SMILES string of the molecule is C#C[C@@H](CC(=C)CC=C)O[Si](C)(C)C(C)(C)C. The van der Waals surface area contributed by atoms with Gasteiger partial charge in [0.1, 0.15) is 6.10 Å². The first kappa shape index (κ1) is 16.2. The molecule has 2 heteroatoms. The summed E-state index contributed by atoms with van der Waals surface area (Å²) in [6.07, 6.45) is 8.78. The minimum Gasteiger partial charge on any atom is -0.403 e. The van der Waals surface area contributed by atoms with E-state index in [1.165, 1.54) is 0 Å². The molecule has 0 aliphatic heterocycles. The number of hydrogen-bond donors (Lipinski definition) is 0. The molecule has 0 spiro atoms. The number of rotatable bonds is 6. The molecule has 0 saturated carbocycles. The Morgan fingerprint density at radius 1 is 1.47 bits per heavy atom. The number of hydrogen-bond acceptors (Lipinski definition) is 1. The van der Waals surface area contributed by atoms with Crippen molar-refractivity contribution in [2.75, 3.05) is 0 Å². The third-order valence-electron chi connectivity index (χ3n) is 3.34. The Labute approximate surface area is 108 Å². The van der Waals surface area contributed by atoms with E-state index in [1.807, 2.05) is 6.08 Å². The molecule has 96 valence electrons. The summed E-state index contributed by atoms with van der Waals surface area (Å²) >= 11 is 0. The fraction of sp³-hybridized carbons (Fsp3) is 0.600. The van der Waals surface area contributed by atoms with E-state index in [0.717, 1.165) is 18.4 Å². The second-order valence-corrected chi connectivity index (χ2v) is 10.7. The molecule has 0 aromatic carbocycles. The Balaban J connectivity index is 4.57. The zero-order chi connectivity index (χ0) is 13.7. The third kappa shape index (κ3) is 5.39. The van der Waals surface area contributed by atoms with Crippen LogP contribution in [0.2, 0.25) is 18.1 Å². The molecular formula is C15H26OSi. The van der Waals surface area contributed by atoms with Crippen molar-refractivity contribution in [3.05, 3.63) is 24.8 Å². The lowest BCUT2D eigenvalue weighted by molar-refractivity contribution is 0.233. The van der Waals surface area contributed by atoms with Gasteiger partial charge in [0.05, 0.1) is 0 Å². The fourth-order valence-electron chi connectivity index (χ4n) is 1.22. The molecular weight excluding hydrogens is 224 g/mol. The van der Waals surface area contributed by atoms with Crippen LogP contribution in [0.25, 0.3) is 0 Å².